The van der Waals surface area contributed by atoms with Crippen LogP contribution in [0, 0.1) is 5.82 Å². The van der Waals surface area contributed by atoms with E-state index in [0.717, 1.165) is 0 Å². The van der Waals surface area contributed by atoms with Gasteiger partial charge in [0.25, 0.3) is 0 Å². The molecule has 0 aromatic heterocycles. The molecule has 0 saturated heterocycles. The molecule has 8 heteroatoms. The second-order valence-electron chi connectivity index (χ2n) is 6.75. The molecule has 0 aliphatic carbocycles. The molecule has 1 amide bonds. The monoisotopic (exact) mass is 393 g/mol. The Hall–Kier alpha value is -3.81. The summed E-state index contributed by atoms with van der Waals surface area (Å²) in [5.41, 5.74) is 3.15. The molecule has 2 aliphatic rings. The van der Waals surface area contributed by atoms with Crippen LogP contribution in [0.5, 0.6) is 0 Å². The molecule has 4 rings (SSSR count). The van der Waals surface area contributed by atoms with Crippen LogP contribution >= 0.6 is 0 Å². The van der Waals surface area contributed by atoms with Crippen molar-refractivity contribution in [1.82, 2.24) is 0 Å². The van der Waals surface area contributed by atoms with Crippen molar-refractivity contribution in [3.05, 3.63) is 70.8 Å². The molecule has 2 heterocycles. The number of carboxylic acids is 1. The molecule has 2 aliphatic heterocycles. The van der Waals surface area contributed by atoms with Crippen LogP contribution < -0.4 is 10.2 Å². The summed E-state index contributed by atoms with van der Waals surface area (Å²) >= 11 is 0. The first kappa shape index (κ1) is 18.5. The molecular formula is C21H16FN3O4. The highest BCUT2D eigenvalue weighted by molar-refractivity contribution is 6.33. The number of benzene rings is 2. The van der Waals surface area contributed by atoms with Crippen molar-refractivity contribution in [3.63, 3.8) is 0 Å². The van der Waals surface area contributed by atoms with Gasteiger partial charge in [-0.1, -0.05) is 18.2 Å². The summed E-state index contributed by atoms with van der Waals surface area (Å²) < 4.78 is 13.7. The normalized spacial score (nSPS) is 16.9. The first-order valence-electron chi connectivity index (χ1n) is 8.86. The van der Waals surface area contributed by atoms with Crippen LogP contribution in [0.2, 0.25) is 0 Å². The number of hydrogen-bond acceptors (Lipinski definition) is 5. The highest BCUT2D eigenvalue weighted by atomic mass is 19.1. The molecule has 146 valence electrons. The summed E-state index contributed by atoms with van der Waals surface area (Å²) in [7, 11) is 0. The van der Waals surface area contributed by atoms with Crippen molar-refractivity contribution in [2.45, 2.75) is 18.9 Å². The number of fused-ring (bicyclic) bond motifs is 3. The molecule has 29 heavy (non-hydrogen) atoms. The zero-order chi connectivity index (χ0) is 20.5. The molecular weight excluding hydrogens is 377 g/mol. The number of aliphatic imine (C=N–C) groups is 1. The summed E-state index contributed by atoms with van der Waals surface area (Å²) in [6.07, 6.45) is 2.92. The quantitative estimate of drug-likeness (QED) is 0.735. The number of aliphatic carboxylic acids is 1. The third-order valence-corrected chi connectivity index (χ3v) is 4.96. The van der Waals surface area contributed by atoms with Gasteiger partial charge in [-0.05, 0) is 29.3 Å². The topological polar surface area (TPSA) is 99.1 Å². The van der Waals surface area contributed by atoms with Gasteiger partial charge in [0.2, 0.25) is 6.41 Å². The molecule has 0 radical (unpaired) electrons. The number of halogens is 1. The largest absolute Gasteiger partial charge is 0.481 e. The zero-order valence-electron chi connectivity index (χ0n) is 15.1. The Labute approximate surface area is 165 Å². The molecule has 2 aromatic carbocycles. The fourth-order valence-corrected chi connectivity index (χ4v) is 3.85. The van der Waals surface area contributed by atoms with Gasteiger partial charge < -0.3 is 15.3 Å². The second kappa shape index (κ2) is 7.31. The maximum Gasteiger partial charge on any atom is 0.307 e. The van der Waals surface area contributed by atoms with Crippen molar-refractivity contribution < 1.29 is 23.9 Å². The number of carbonyl (C=O) groups excluding carboxylic acids is 2. The standard InChI is InChI=1S/C21H16FN3O4/c22-14-3-1-2-12(6-14)10-25-15-5-4-13(7-18(28)29)21(24-11-26)20(15)19-16(25)8-23-9-17(19)27/h1-6,8-9,11,19H,7,10H2,(H,24,26)(H,28,29). The van der Waals surface area contributed by atoms with E-state index in [-0.39, 0.29) is 24.6 Å². The molecule has 0 fully saturated rings. The average Bonchev–Trinajstić information content (AvgIpc) is 2.99. The Morgan fingerprint density at radius 3 is 2.86 bits per heavy atom. The number of amides is 1. The average molecular weight is 393 g/mol. The number of allylic oxidation sites excluding steroid dienone is 1. The van der Waals surface area contributed by atoms with E-state index in [1.165, 1.54) is 18.3 Å². The van der Waals surface area contributed by atoms with Crippen molar-refractivity contribution >= 4 is 35.8 Å². The Morgan fingerprint density at radius 2 is 2.14 bits per heavy atom. The lowest BCUT2D eigenvalue weighted by molar-refractivity contribution is -0.136. The molecule has 2 N–H and O–H groups in total. The van der Waals surface area contributed by atoms with E-state index in [4.69, 9.17) is 0 Å². The molecule has 7 nitrogen and oxygen atoms in total. The molecule has 0 bridgehead atoms. The fourth-order valence-electron chi connectivity index (χ4n) is 3.85. The van der Waals surface area contributed by atoms with E-state index >= 15 is 0 Å². The summed E-state index contributed by atoms with van der Waals surface area (Å²) in [6, 6.07) is 9.46. The van der Waals surface area contributed by atoms with Gasteiger partial charge in [0.1, 0.15) is 5.82 Å². The Morgan fingerprint density at radius 1 is 1.31 bits per heavy atom. The SMILES string of the molecule is O=CNc1c(CC(=O)O)ccc2c1C1C(=O)C=NC=C1N2Cc1cccc(F)c1. The molecule has 2 aromatic rings. The first-order chi connectivity index (χ1) is 14.0. The van der Waals surface area contributed by atoms with E-state index in [1.807, 2.05) is 4.90 Å². The summed E-state index contributed by atoms with van der Waals surface area (Å²) in [5.74, 6) is -2.41. The Bertz CT molecular complexity index is 1090. The minimum absolute atomic E-state index is 0.271. The number of rotatable bonds is 6. The number of anilines is 2. The van der Waals surface area contributed by atoms with Crippen molar-refractivity contribution in [2.24, 2.45) is 4.99 Å². The van der Waals surface area contributed by atoms with E-state index in [0.29, 0.717) is 40.2 Å². The Kier molecular flexibility index (Phi) is 4.67. The number of hydrogen-bond donors (Lipinski definition) is 2. The molecule has 0 saturated carbocycles. The lowest BCUT2D eigenvalue weighted by Crippen LogP contribution is -2.24. The van der Waals surface area contributed by atoms with Gasteiger partial charge in [0.05, 0.1) is 29.9 Å². The fraction of sp³-hybridized carbons (Fsp3) is 0.143. The van der Waals surface area contributed by atoms with Crippen LogP contribution in [0.15, 0.2) is 53.3 Å². The summed E-state index contributed by atoms with van der Waals surface area (Å²) in [6.45, 7) is 0.286. The Balaban J connectivity index is 1.87. The number of nitrogens with one attached hydrogen (secondary N) is 1. The van der Waals surface area contributed by atoms with Gasteiger partial charge in [0.15, 0.2) is 5.78 Å². The van der Waals surface area contributed by atoms with Gasteiger partial charge in [-0.15, -0.1) is 0 Å². The van der Waals surface area contributed by atoms with Gasteiger partial charge in [-0.3, -0.25) is 19.4 Å². The third kappa shape index (κ3) is 3.29. The van der Waals surface area contributed by atoms with Crippen molar-refractivity contribution in [1.29, 1.82) is 0 Å². The summed E-state index contributed by atoms with van der Waals surface area (Å²) in [4.78, 5) is 41.0. The van der Waals surface area contributed by atoms with Crippen molar-refractivity contribution in [3.8, 4) is 0 Å². The molecule has 0 spiro atoms. The molecule has 1 unspecified atom stereocenters. The minimum Gasteiger partial charge on any atom is -0.481 e. The number of Topliss-reactive ketones (excluding diaryl/α,β-unsaturated/α-hetero) is 1. The smallest absolute Gasteiger partial charge is 0.307 e. The predicted octanol–water partition coefficient (Wildman–Crippen LogP) is 2.62. The van der Waals surface area contributed by atoms with Gasteiger partial charge in [-0.25, -0.2) is 4.39 Å². The van der Waals surface area contributed by atoms with Gasteiger partial charge in [0, 0.05) is 24.0 Å². The minimum atomic E-state index is -1.05. The lowest BCUT2D eigenvalue weighted by atomic mass is 9.90. The predicted molar refractivity (Wildman–Crippen MR) is 104 cm³/mol. The van der Waals surface area contributed by atoms with Gasteiger partial charge >= 0.3 is 5.97 Å². The maximum atomic E-state index is 13.7. The van der Waals surface area contributed by atoms with Gasteiger partial charge in [-0.2, -0.15) is 0 Å². The lowest BCUT2D eigenvalue weighted by Gasteiger charge is -2.23. The number of nitrogens with zero attached hydrogens (tertiary/aromatic N) is 2. The maximum absolute atomic E-state index is 13.7. The van der Waals surface area contributed by atoms with Crippen molar-refractivity contribution in [2.75, 3.05) is 10.2 Å². The highest BCUT2D eigenvalue weighted by Crippen LogP contribution is 2.50. The zero-order valence-corrected chi connectivity index (χ0v) is 15.1. The number of carboxylic acid groups (broad SMARTS) is 1. The second-order valence-corrected chi connectivity index (χ2v) is 6.75. The van der Waals surface area contributed by atoms with Crippen LogP contribution in [0.3, 0.4) is 0 Å². The van der Waals surface area contributed by atoms with Crippen LogP contribution in [-0.4, -0.2) is 29.5 Å². The van der Waals surface area contributed by atoms with Crippen LogP contribution in [0.25, 0.3) is 0 Å². The molecule has 1 atom stereocenters. The van der Waals surface area contributed by atoms with Crippen LogP contribution in [0.4, 0.5) is 15.8 Å². The third-order valence-electron chi connectivity index (χ3n) is 4.96. The van der Waals surface area contributed by atoms with Crippen LogP contribution in [0.1, 0.15) is 22.6 Å². The van der Waals surface area contributed by atoms with Crippen LogP contribution in [-0.2, 0) is 27.3 Å². The van der Waals surface area contributed by atoms with E-state index in [1.54, 1.807) is 30.5 Å². The van der Waals surface area contributed by atoms with E-state index in [2.05, 4.69) is 10.3 Å². The number of ketones is 1. The first-order valence-corrected chi connectivity index (χ1v) is 8.86. The number of carbonyl (C=O) groups is 3. The van der Waals surface area contributed by atoms with E-state index in [9.17, 15) is 23.9 Å². The summed E-state index contributed by atoms with van der Waals surface area (Å²) in [5, 5.41) is 11.8. The highest BCUT2D eigenvalue weighted by Gasteiger charge is 2.41. The van der Waals surface area contributed by atoms with E-state index < -0.39 is 11.9 Å².